The Morgan fingerprint density at radius 1 is 1.32 bits per heavy atom. The molecule has 0 aliphatic carbocycles. The maximum atomic E-state index is 12.0. The molecule has 0 saturated heterocycles. The molecule has 0 radical (unpaired) electrons. The van der Waals surface area contributed by atoms with Crippen molar-refractivity contribution in [3.8, 4) is 11.4 Å². The monoisotopic (exact) mass is 268 g/mol. The van der Waals surface area contributed by atoms with E-state index in [-0.39, 0.29) is 11.8 Å². The van der Waals surface area contributed by atoms with E-state index in [1.165, 1.54) is 16.8 Å². The quantitative estimate of drug-likeness (QED) is 0.903. The number of benzene rings is 1. The first kappa shape index (κ1) is 13.4. The van der Waals surface area contributed by atoms with Crippen LogP contribution in [0.15, 0.2) is 30.5 Å². The third-order valence-electron chi connectivity index (χ3n) is 2.66. The molecule has 0 spiro atoms. The van der Waals surface area contributed by atoms with E-state index in [9.17, 15) is 8.78 Å². The number of rotatable bonds is 5. The summed E-state index contributed by atoms with van der Waals surface area (Å²) in [4.78, 5) is 0. The molecular weight excluding hydrogens is 254 g/mol. The Morgan fingerprint density at radius 2 is 2.00 bits per heavy atom. The Balaban J connectivity index is 2.15. The molecule has 5 nitrogen and oxygen atoms in total. The lowest BCUT2D eigenvalue weighted by Crippen LogP contribution is -2.08. The minimum atomic E-state index is -2.83. The zero-order chi connectivity index (χ0) is 13.8. The van der Waals surface area contributed by atoms with Crippen molar-refractivity contribution >= 4 is 0 Å². The SMILES string of the molecule is CCC(N)c1cn(-c2ccc(OC(F)F)cc2)nn1. The van der Waals surface area contributed by atoms with E-state index in [1.807, 2.05) is 6.92 Å². The molecule has 1 heterocycles. The van der Waals surface area contributed by atoms with Gasteiger partial charge in [0.25, 0.3) is 0 Å². The van der Waals surface area contributed by atoms with Crippen molar-refractivity contribution in [2.75, 3.05) is 0 Å². The van der Waals surface area contributed by atoms with Crippen LogP contribution in [0.1, 0.15) is 25.1 Å². The second-order valence-electron chi connectivity index (χ2n) is 3.98. The number of nitrogens with zero attached hydrogens (tertiary/aromatic N) is 3. The Morgan fingerprint density at radius 3 is 2.58 bits per heavy atom. The largest absolute Gasteiger partial charge is 0.435 e. The van der Waals surface area contributed by atoms with Crippen LogP contribution in [0.2, 0.25) is 0 Å². The molecule has 1 aromatic carbocycles. The van der Waals surface area contributed by atoms with Gasteiger partial charge in [0.2, 0.25) is 0 Å². The average molecular weight is 268 g/mol. The number of aromatic nitrogens is 3. The molecule has 2 N–H and O–H groups in total. The van der Waals surface area contributed by atoms with Crippen molar-refractivity contribution < 1.29 is 13.5 Å². The third-order valence-corrected chi connectivity index (χ3v) is 2.66. The maximum Gasteiger partial charge on any atom is 0.387 e. The van der Waals surface area contributed by atoms with E-state index in [0.29, 0.717) is 11.4 Å². The molecule has 0 aliphatic heterocycles. The van der Waals surface area contributed by atoms with E-state index >= 15 is 0 Å². The van der Waals surface area contributed by atoms with Crippen LogP contribution in [0.25, 0.3) is 5.69 Å². The topological polar surface area (TPSA) is 66.0 Å². The summed E-state index contributed by atoms with van der Waals surface area (Å²) in [5, 5.41) is 7.91. The smallest absolute Gasteiger partial charge is 0.387 e. The molecule has 1 atom stereocenters. The Hall–Kier alpha value is -2.02. The van der Waals surface area contributed by atoms with Gasteiger partial charge >= 0.3 is 6.61 Å². The van der Waals surface area contributed by atoms with Gasteiger partial charge in [-0.2, -0.15) is 8.78 Å². The molecule has 0 aliphatic rings. The van der Waals surface area contributed by atoms with Gasteiger partial charge in [0, 0.05) is 0 Å². The number of ether oxygens (including phenoxy) is 1. The van der Waals surface area contributed by atoms with Crippen LogP contribution in [-0.4, -0.2) is 21.6 Å². The highest BCUT2D eigenvalue weighted by Gasteiger charge is 2.09. The highest BCUT2D eigenvalue weighted by atomic mass is 19.3. The molecule has 0 saturated carbocycles. The zero-order valence-corrected chi connectivity index (χ0v) is 10.3. The van der Waals surface area contributed by atoms with E-state index in [0.717, 1.165) is 6.42 Å². The predicted molar refractivity (Wildman–Crippen MR) is 65.2 cm³/mol. The van der Waals surface area contributed by atoms with E-state index < -0.39 is 6.61 Å². The second kappa shape index (κ2) is 5.75. The van der Waals surface area contributed by atoms with Gasteiger partial charge in [-0.05, 0) is 30.7 Å². The van der Waals surface area contributed by atoms with Crippen LogP contribution in [0.3, 0.4) is 0 Å². The molecule has 1 unspecified atom stereocenters. The van der Waals surface area contributed by atoms with Crippen molar-refractivity contribution in [1.82, 2.24) is 15.0 Å². The van der Waals surface area contributed by atoms with Crippen molar-refractivity contribution in [3.05, 3.63) is 36.2 Å². The number of halogens is 2. The van der Waals surface area contributed by atoms with Gasteiger partial charge in [0.1, 0.15) is 5.75 Å². The minimum Gasteiger partial charge on any atom is -0.435 e. The Bertz CT molecular complexity index is 527. The van der Waals surface area contributed by atoms with Crippen LogP contribution < -0.4 is 10.5 Å². The summed E-state index contributed by atoms with van der Waals surface area (Å²) in [5.41, 5.74) is 7.23. The normalized spacial score (nSPS) is 12.7. The molecule has 2 rings (SSSR count). The molecule has 0 bridgehead atoms. The first-order valence-electron chi connectivity index (χ1n) is 5.83. The van der Waals surface area contributed by atoms with E-state index in [2.05, 4.69) is 15.0 Å². The number of nitrogens with two attached hydrogens (primary N) is 1. The van der Waals surface area contributed by atoms with Crippen molar-refractivity contribution in [2.24, 2.45) is 5.73 Å². The van der Waals surface area contributed by atoms with Gasteiger partial charge in [-0.25, -0.2) is 4.68 Å². The van der Waals surface area contributed by atoms with Gasteiger partial charge in [0.15, 0.2) is 0 Å². The summed E-state index contributed by atoms with van der Waals surface area (Å²) < 4.78 is 29.8. The number of hydrogen-bond donors (Lipinski definition) is 1. The van der Waals surface area contributed by atoms with Gasteiger partial charge in [-0.15, -0.1) is 5.10 Å². The van der Waals surface area contributed by atoms with Crippen LogP contribution in [0.5, 0.6) is 5.75 Å². The van der Waals surface area contributed by atoms with Crippen molar-refractivity contribution in [1.29, 1.82) is 0 Å². The summed E-state index contributed by atoms with van der Waals surface area (Å²) in [6.07, 6.45) is 2.48. The Kier molecular flexibility index (Phi) is 4.06. The molecule has 0 amide bonds. The standard InChI is InChI=1S/C12H14F2N4O/c1-2-10(15)11-7-18(17-16-11)8-3-5-9(6-4-8)19-12(13)14/h3-7,10,12H,2,15H2,1H3. The lowest BCUT2D eigenvalue weighted by atomic mass is 10.2. The summed E-state index contributed by atoms with van der Waals surface area (Å²) in [6, 6.07) is 5.97. The molecule has 7 heteroatoms. The predicted octanol–water partition coefficient (Wildman–Crippen LogP) is 2.28. The Labute approximate surface area is 109 Å². The van der Waals surface area contributed by atoms with E-state index in [4.69, 9.17) is 5.73 Å². The van der Waals surface area contributed by atoms with Gasteiger partial charge in [-0.1, -0.05) is 12.1 Å². The molecule has 2 aromatic rings. The lowest BCUT2D eigenvalue weighted by Gasteiger charge is -2.05. The molecular formula is C12H14F2N4O. The third kappa shape index (κ3) is 3.25. The van der Waals surface area contributed by atoms with Crippen molar-refractivity contribution in [3.63, 3.8) is 0 Å². The molecule has 19 heavy (non-hydrogen) atoms. The minimum absolute atomic E-state index is 0.101. The summed E-state index contributed by atoms with van der Waals surface area (Å²) in [6.45, 7) is -0.869. The molecule has 1 aromatic heterocycles. The summed E-state index contributed by atoms with van der Waals surface area (Å²) in [7, 11) is 0. The average Bonchev–Trinajstić information content (AvgIpc) is 2.87. The lowest BCUT2D eigenvalue weighted by molar-refractivity contribution is -0.0498. The fraction of sp³-hybridized carbons (Fsp3) is 0.333. The van der Waals surface area contributed by atoms with Gasteiger partial charge in [-0.3, -0.25) is 0 Å². The second-order valence-corrected chi connectivity index (χ2v) is 3.98. The van der Waals surface area contributed by atoms with Crippen LogP contribution in [0.4, 0.5) is 8.78 Å². The fourth-order valence-electron chi connectivity index (χ4n) is 1.56. The fourth-order valence-corrected chi connectivity index (χ4v) is 1.56. The number of alkyl halides is 2. The maximum absolute atomic E-state index is 12.0. The highest BCUT2D eigenvalue weighted by Crippen LogP contribution is 2.18. The van der Waals surface area contributed by atoms with Crippen molar-refractivity contribution in [2.45, 2.75) is 26.0 Å². The van der Waals surface area contributed by atoms with Crippen LogP contribution >= 0.6 is 0 Å². The van der Waals surface area contributed by atoms with Gasteiger partial charge < -0.3 is 10.5 Å². The first-order valence-corrected chi connectivity index (χ1v) is 5.83. The number of hydrogen-bond acceptors (Lipinski definition) is 4. The zero-order valence-electron chi connectivity index (χ0n) is 10.3. The highest BCUT2D eigenvalue weighted by molar-refractivity contribution is 5.36. The summed E-state index contributed by atoms with van der Waals surface area (Å²) in [5.74, 6) is 0.101. The van der Waals surface area contributed by atoms with Crippen LogP contribution in [-0.2, 0) is 0 Å². The molecule has 0 fully saturated rings. The molecule has 102 valence electrons. The van der Waals surface area contributed by atoms with Crippen LogP contribution in [0, 0.1) is 0 Å². The first-order chi connectivity index (χ1) is 9.10. The van der Waals surface area contributed by atoms with Gasteiger partial charge in [0.05, 0.1) is 23.6 Å². The summed E-state index contributed by atoms with van der Waals surface area (Å²) >= 11 is 0. The van der Waals surface area contributed by atoms with E-state index in [1.54, 1.807) is 18.3 Å².